The van der Waals surface area contributed by atoms with Gasteiger partial charge in [0.2, 0.25) is 0 Å². The number of phosphoric acid groups is 2. The average Bonchev–Trinajstić information content (AvgIpc) is 3.65. The second-order valence-electron chi connectivity index (χ2n) is 26.1. The van der Waals surface area contributed by atoms with Crippen molar-refractivity contribution in [2.75, 3.05) is 39.6 Å². The first-order chi connectivity index (χ1) is 41.1. The van der Waals surface area contributed by atoms with Crippen LogP contribution in [0.25, 0.3) is 0 Å². The molecule has 0 aromatic heterocycles. The van der Waals surface area contributed by atoms with E-state index in [0.29, 0.717) is 37.5 Å². The molecule has 17 nitrogen and oxygen atoms in total. The third kappa shape index (κ3) is 60.9. The predicted octanol–water partition coefficient (Wildman–Crippen LogP) is 18.5. The quantitative estimate of drug-likeness (QED) is 0.0222. The fraction of sp³-hybridized carbons (Fsp3) is 0.940. The summed E-state index contributed by atoms with van der Waals surface area (Å²) in [5, 5.41) is 10.6. The fourth-order valence-electron chi connectivity index (χ4n) is 9.96. The molecule has 0 aliphatic rings. The van der Waals surface area contributed by atoms with Gasteiger partial charge < -0.3 is 33.8 Å². The zero-order valence-corrected chi connectivity index (χ0v) is 57.7. The maximum Gasteiger partial charge on any atom is 0.472 e. The van der Waals surface area contributed by atoms with Gasteiger partial charge in [-0.2, -0.15) is 0 Å². The lowest BCUT2D eigenvalue weighted by molar-refractivity contribution is -0.161. The Balaban J connectivity index is 5.25. The van der Waals surface area contributed by atoms with Crippen LogP contribution >= 0.6 is 15.6 Å². The van der Waals surface area contributed by atoms with Crippen molar-refractivity contribution >= 4 is 39.5 Å². The minimum atomic E-state index is -4.95. The van der Waals surface area contributed by atoms with E-state index in [2.05, 4.69) is 55.4 Å². The summed E-state index contributed by atoms with van der Waals surface area (Å²) in [4.78, 5) is 72.3. The average molecular weight is 1270 g/mol. The SMILES string of the molecule is CC(C)CCCCCCCCCCCCCC(=O)O[C@H](COC(=O)CCCCCCCCCC(C)C)COP(=O)(O)OCC(O)COP(=O)(O)OC[C@@H](COC(=O)CCCCCCCCC(C)C)OC(=O)CCCCCCCCCCCCC(C)C. The van der Waals surface area contributed by atoms with Crippen LogP contribution in [0, 0.1) is 23.7 Å². The van der Waals surface area contributed by atoms with Gasteiger partial charge in [-0.1, -0.05) is 274 Å². The maximum atomic E-state index is 13.0. The Hall–Kier alpha value is -1.94. The van der Waals surface area contributed by atoms with Gasteiger partial charge in [0, 0.05) is 25.7 Å². The highest BCUT2D eigenvalue weighted by Crippen LogP contribution is 2.45. The van der Waals surface area contributed by atoms with Crippen molar-refractivity contribution < 1.29 is 80.2 Å². The number of esters is 4. The molecule has 510 valence electrons. The van der Waals surface area contributed by atoms with Crippen LogP contribution in [0.15, 0.2) is 0 Å². The third-order valence-electron chi connectivity index (χ3n) is 15.3. The molecular formula is C67H130O17P2. The van der Waals surface area contributed by atoms with Crippen LogP contribution in [0.2, 0.25) is 0 Å². The highest BCUT2D eigenvalue weighted by atomic mass is 31.2. The van der Waals surface area contributed by atoms with Crippen LogP contribution < -0.4 is 0 Å². The summed E-state index contributed by atoms with van der Waals surface area (Å²) >= 11 is 0. The molecule has 0 aliphatic carbocycles. The summed E-state index contributed by atoms with van der Waals surface area (Å²) < 4.78 is 68.1. The minimum Gasteiger partial charge on any atom is -0.462 e. The molecule has 0 aliphatic heterocycles. The van der Waals surface area contributed by atoms with E-state index in [9.17, 15) is 43.2 Å². The zero-order chi connectivity index (χ0) is 63.9. The second-order valence-corrected chi connectivity index (χ2v) is 29.0. The Morgan fingerprint density at radius 2 is 0.488 bits per heavy atom. The molecule has 0 aromatic rings. The lowest BCUT2D eigenvalue weighted by Gasteiger charge is -2.21. The number of rotatable bonds is 64. The summed E-state index contributed by atoms with van der Waals surface area (Å²) in [6.07, 6.45) is 37.8. The molecular weight excluding hydrogens is 1140 g/mol. The third-order valence-corrected chi connectivity index (χ3v) is 17.2. The Morgan fingerprint density at radius 1 is 0.291 bits per heavy atom. The summed E-state index contributed by atoms with van der Waals surface area (Å²) in [5.74, 6) is 0.766. The van der Waals surface area contributed by atoms with Crippen molar-refractivity contribution in [2.45, 2.75) is 343 Å². The molecule has 0 fully saturated rings. The van der Waals surface area contributed by atoms with Gasteiger partial charge in [0.1, 0.15) is 19.3 Å². The first-order valence-corrected chi connectivity index (χ1v) is 37.7. The van der Waals surface area contributed by atoms with Crippen LogP contribution in [-0.4, -0.2) is 96.7 Å². The smallest absolute Gasteiger partial charge is 0.462 e. The van der Waals surface area contributed by atoms with E-state index in [1.54, 1.807) is 0 Å². The highest BCUT2D eigenvalue weighted by molar-refractivity contribution is 7.47. The molecule has 0 rings (SSSR count). The van der Waals surface area contributed by atoms with Crippen LogP contribution in [0.3, 0.4) is 0 Å². The molecule has 0 spiro atoms. The number of aliphatic hydroxyl groups is 1. The topological polar surface area (TPSA) is 237 Å². The first kappa shape index (κ1) is 84.1. The predicted molar refractivity (Wildman–Crippen MR) is 344 cm³/mol. The van der Waals surface area contributed by atoms with Crippen LogP contribution in [0.5, 0.6) is 0 Å². The molecule has 0 saturated heterocycles. The fourth-order valence-corrected chi connectivity index (χ4v) is 11.5. The molecule has 0 bridgehead atoms. The second kappa shape index (κ2) is 57.0. The molecule has 3 unspecified atom stereocenters. The number of carbonyl (C=O) groups is 4. The number of ether oxygens (including phenoxy) is 4. The summed E-state index contributed by atoms with van der Waals surface area (Å²) in [7, 11) is -9.90. The van der Waals surface area contributed by atoms with Crippen LogP contribution in [0.4, 0.5) is 0 Å². The monoisotopic (exact) mass is 1270 g/mol. The molecule has 0 saturated carbocycles. The summed E-state index contributed by atoms with van der Waals surface area (Å²) in [6.45, 7) is 14.0. The van der Waals surface area contributed by atoms with Gasteiger partial charge in [-0.25, -0.2) is 9.13 Å². The summed E-state index contributed by atoms with van der Waals surface area (Å²) in [6, 6.07) is 0. The molecule has 5 atom stereocenters. The van der Waals surface area contributed by atoms with E-state index >= 15 is 0 Å². The Bertz CT molecular complexity index is 1710. The Labute approximate surface area is 524 Å². The van der Waals surface area contributed by atoms with Crippen LogP contribution in [0.1, 0.15) is 325 Å². The molecule has 86 heavy (non-hydrogen) atoms. The van der Waals surface area contributed by atoms with E-state index in [0.717, 1.165) is 115 Å². The molecule has 0 radical (unpaired) electrons. The Kier molecular flexibility index (Phi) is 55.7. The van der Waals surface area contributed by atoms with Gasteiger partial charge in [0.25, 0.3) is 0 Å². The van der Waals surface area contributed by atoms with Crippen molar-refractivity contribution in [3.63, 3.8) is 0 Å². The van der Waals surface area contributed by atoms with Gasteiger partial charge in [-0.15, -0.1) is 0 Å². The first-order valence-electron chi connectivity index (χ1n) is 34.7. The van der Waals surface area contributed by atoms with Gasteiger partial charge in [0.05, 0.1) is 26.4 Å². The number of phosphoric ester groups is 2. The maximum absolute atomic E-state index is 13.0. The van der Waals surface area contributed by atoms with Gasteiger partial charge in [0.15, 0.2) is 12.2 Å². The number of unbranched alkanes of at least 4 members (excludes halogenated alkanes) is 30. The van der Waals surface area contributed by atoms with E-state index in [-0.39, 0.29) is 25.7 Å². The standard InChI is InChI=1S/C67H130O17P2/c1-57(2)43-35-27-19-14-10-9-11-16-22-33-41-49-66(71)83-62(53-77-64(69)47-39-31-24-18-21-29-37-45-59(5)6)55-81-85(73,74)79-51-61(68)52-80-86(75,76)82-56-63(54-78-65(70)48-40-32-26-25-30-38-46-60(7)8)84-67(72)50-42-34-23-17-13-12-15-20-28-36-44-58(3)4/h57-63,68H,9-56H2,1-8H3,(H,73,74)(H,75,76)/t61?,62-,63-/m1/s1. The molecule has 0 heterocycles. The van der Waals surface area contributed by atoms with E-state index in [1.165, 1.54) is 116 Å². The van der Waals surface area contributed by atoms with E-state index in [4.69, 9.17) is 37.0 Å². The van der Waals surface area contributed by atoms with Crippen molar-refractivity contribution in [3.8, 4) is 0 Å². The lowest BCUT2D eigenvalue weighted by atomic mass is 10.0. The normalized spacial score (nSPS) is 14.4. The van der Waals surface area contributed by atoms with Crippen molar-refractivity contribution in [1.82, 2.24) is 0 Å². The number of carbonyl (C=O) groups excluding carboxylic acids is 4. The molecule has 19 heteroatoms. The van der Waals surface area contributed by atoms with E-state index < -0.39 is 97.5 Å². The number of aliphatic hydroxyl groups excluding tert-OH is 1. The van der Waals surface area contributed by atoms with Gasteiger partial charge >= 0.3 is 39.5 Å². The largest absolute Gasteiger partial charge is 0.472 e. The van der Waals surface area contributed by atoms with E-state index in [1.807, 2.05) is 0 Å². The van der Waals surface area contributed by atoms with Gasteiger partial charge in [-0.05, 0) is 49.4 Å². The molecule has 0 amide bonds. The Morgan fingerprint density at radius 3 is 0.721 bits per heavy atom. The highest BCUT2D eigenvalue weighted by Gasteiger charge is 2.30. The lowest BCUT2D eigenvalue weighted by Crippen LogP contribution is -2.30. The van der Waals surface area contributed by atoms with Gasteiger partial charge in [-0.3, -0.25) is 37.3 Å². The van der Waals surface area contributed by atoms with Crippen molar-refractivity contribution in [2.24, 2.45) is 23.7 Å². The minimum absolute atomic E-state index is 0.104. The summed E-state index contributed by atoms with van der Waals surface area (Å²) in [5.41, 5.74) is 0. The van der Waals surface area contributed by atoms with Crippen molar-refractivity contribution in [1.29, 1.82) is 0 Å². The number of hydrogen-bond donors (Lipinski definition) is 3. The number of hydrogen-bond acceptors (Lipinski definition) is 15. The van der Waals surface area contributed by atoms with Crippen molar-refractivity contribution in [3.05, 3.63) is 0 Å². The zero-order valence-electron chi connectivity index (χ0n) is 55.9. The molecule has 0 aromatic carbocycles. The molecule has 3 N–H and O–H groups in total. The van der Waals surface area contributed by atoms with Crippen LogP contribution in [-0.2, 0) is 65.4 Å².